The number of anilines is 1. The molecule has 0 saturated heterocycles. The van der Waals surface area contributed by atoms with Gasteiger partial charge in [0.1, 0.15) is 6.07 Å². The Kier molecular flexibility index (Phi) is 2.93. The summed E-state index contributed by atoms with van der Waals surface area (Å²) < 4.78 is 0. The van der Waals surface area contributed by atoms with E-state index in [4.69, 9.17) is 0 Å². The topological polar surface area (TPSA) is 52.9 Å². The molecule has 1 aromatic rings. The Morgan fingerprint density at radius 2 is 1.84 bits per heavy atom. The second-order valence-electron chi connectivity index (χ2n) is 6.47. The summed E-state index contributed by atoms with van der Waals surface area (Å²) in [5, 5.41) is 12.1. The minimum atomic E-state index is -0.00736. The first kappa shape index (κ1) is 13.6. The number of aryl methyl sites for hydroxylation is 1. The molecule has 1 aliphatic carbocycles. The van der Waals surface area contributed by atoms with E-state index in [1.165, 1.54) is 0 Å². The molecule has 19 heavy (non-hydrogen) atoms. The summed E-state index contributed by atoms with van der Waals surface area (Å²) in [7, 11) is 0. The summed E-state index contributed by atoms with van der Waals surface area (Å²) in [6.45, 7) is 10.3. The molecule has 0 aromatic heterocycles. The molecule has 3 nitrogen and oxygen atoms in total. The second-order valence-corrected chi connectivity index (χ2v) is 6.47. The highest BCUT2D eigenvalue weighted by molar-refractivity contribution is 5.97. The van der Waals surface area contributed by atoms with Crippen LogP contribution in [0.3, 0.4) is 0 Å². The van der Waals surface area contributed by atoms with Gasteiger partial charge in [-0.2, -0.15) is 5.26 Å². The van der Waals surface area contributed by atoms with Crippen molar-refractivity contribution in [2.24, 2.45) is 16.7 Å². The Labute approximate surface area is 114 Å². The van der Waals surface area contributed by atoms with E-state index in [1.54, 1.807) is 6.07 Å². The fraction of sp³-hybridized carbons (Fsp3) is 0.500. The highest BCUT2D eigenvalue weighted by Gasteiger charge is 2.68. The summed E-state index contributed by atoms with van der Waals surface area (Å²) in [5.74, 6) is 0.00385. The molecule has 0 heterocycles. The van der Waals surface area contributed by atoms with Crippen molar-refractivity contribution in [1.82, 2.24) is 0 Å². The van der Waals surface area contributed by atoms with Gasteiger partial charge in [-0.05, 0) is 29.4 Å². The lowest BCUT2D eigenvalue weighted by atomic mass is 10.0. The molecular weight excluding hydrogens is 236 g/mol. The number of hydrogen-bond donors (Lipinski definition) is 1. The Bertz CT molecular complexity index is 565. The lowest BCUT2D eigenvalue weighted by molar-refractivity contribution is -0.118. The quantitative estimate of drug-likeness (QED) is 0.880. The van der Waals surface area contributed by atoms with Crippen LogP contribution in [0.1, 0.15) is 38.8 Å². The fourth-order valence-electron chi connectivity index (χ4n) is 2.98. The molecule has 3 heteroatoms. The zero-order valence-electron chi connectivity index (χ0n) is 12.2. The predicted molar refractivity (Wildman–Crippen MR) is 75.6 cm³/mol. The van der Waals surface area contributed by atoms with E-state index in [0.717, 1.165) is 5.56 Å². The standard InChI is InChI=1S/C16H20N2O/c1-10-7-6-8-12(11(10)9-17)18-14(19)13-15(2,3)16(13,4)5/h6-8,13H,1-5H3,(H,18,19). The number of rotatable bonds is 2. The summed E-state index contributed by atoms with van der Waals surface area (Å²) >= 11 is 0. The van der Waals surface area contributed by atoms with E-state index in [2.05, 4.69) is 39.1 Å². The first-order valence-electron chi connectivity index (χ1n) is 6.54. The molecule has 1 fully saturated rings. The molecule has 1 aliphatic rings. The minimum absolute atomic E-state index is 0.00736. The van der Waals surface area contributed by atoms with Crippen molar-refractivity contribution in [2.75, 3.05) is 5.32 Å². The van der Waals surface area contributed by atoms with Crippen LogP contribution in [0, 0.1) is 35.0 Å². The molecule has 0 aliphatic heterocycles. The largest absolute Gasteiger partial charge is 0.325 e. The summed E-state index contributed by atoms with van der Waals surface area (Å²) in [4.78, 5) is 12.4. The molecular formula is C16H20N2O. The van der Waals surface area contributed by atoms with Gasteiger partial charge in [0.05, 0.1) is 11.3 Å². The molecule has 0 bridgehead atoms. The van der Waals surface area contributed by atoms with Crippen molar-refractivity contribution >= 4 is 11.6 Å². The van der Waals surface area contributed by atoms with Crippen molar-refractivity contribution in [2.45, 2.75) is 34.6 Å². The smallest absolute Gasteiger partial charge is 0.228 e. The van der Waals surface area contributed by atoms with Crippen LogP contribution in [0.4, 0.5) is 5.69 Å². The minimum Gasteiger partial charge on any atom is -0.325 e. The van der Waals surface area contributed by atoms with Gasteiger partial charge in [-0.25, -0.2) is 0 Å². The van der Waals surface area contributed by atoms with Gasteiger partial charge in [-0.3, -0.25) is 4.79 Å². The van der Waals surface area contributed by atoms with E-state index in [1.807, 2.05) is 19.1 Å². The van der Waals surface area contributed by atoms with Gasteiger partial charge in [0.25, 0.3) is 0 Å². The van der Waals surface area contributed by atoms with E-state index in [0.29, 0.717) is 11.3 Å². The number of hydrogen-bond acceptors (Lipinski definition) is 2. The van der Waals surface area contributed by atoms with Crippen molar-refractivity contribution in [1.29, 1.82) is 5.26 Å². The second kappa shape index (κ2) is 4.09. The van der Waals surface area contributed by atoms with Crippen LogP contribution in [0.25, 0.3) is 0 Å². The molecule has 1 saturated carbocycles. The van der Waals surface area contributed by atoms with Crippen molar-refractivity contribution in [3.05, 3.63) is 29.3 Å². The molecule has 0 spiro atoms. The molecule has 1 amide bonds. The van der Waals surface area contributed by atoms with Gasteiger partial charge >= 0.3 is 0 Å². The Morgan fingerprint density at radius 1 is 1.26 bits per heavy atom. The van der Waals surface area contributed by atoms with Gasteiger partial charge in [0.2, 0.25) is 5.91 Å². The van der Waals surface area contributed by atoms with Gasteiger partial charge < -0.3 is 5.32 Å². The molecule has 1 N–H and O–H groups in total. The van der Waals surface area contributed by atoms with Crippen molar-refractivity contribution in [3.8, 4) is 6.07 Å². The molecule has 1 aromatic carbocycles. The van der Waals surface area contributed by atoms with Crippen molar-refractivity contribution < 1.29 is 4.79 Å². The van der Waals surface area contributed by atoms with Crippen LogP contribution in [0.15, 0.2) is 18.2 Å². The number of carbonyl (C=O) groups is 1. The van der Waals surface area contributed by atoms with Gasteiger partial charge in [-0.15, -0.1) is 0 Å². The Morgan fingerprint density at radius 3 is 2.32 bits per heavy atom. The highest BCUT2D eigenvalue weighted by atomic mass is 16.2. The van der Waals surface area contributed by atoms with Crippen LogP contribution in [-0.2, 0) is 4.79 Å². The average molecular weight is 256 g/mol. The summed E-state index contributed by atoms with van der Waals surface area (Å²) in [6.07, 6.45) is 0. The maximum Gasteiger partial charge on any atom is 0.228 e. The number of nitriles is 1. The monoisotopic (exact) mass is 256 g/mol. The summed E-state index contributed by atoms with van der Waals surface area (Å²) in [6, 6.07) is 7.67. The highest BCUT2D eigenvalue weighted by Crippen LogP contribution is 2.68. The van der Waals surface area contributed by atoms with Crippen LogP contribution in [-0.4, -0.2) is 5.91 Å². The third-order valence-corrected chi connectivity index (χ3v) is 4.93. The lowest BCUT2D eigenvalue weighted by Gasteiger charge is -2.09. The SMILES string of the molecule is Cc1cccc(NC(=O)C2C(C)(C)C2(C)C)c1C#N. The van der Waals surface area contributed by atoms with Gasteiger partial charge in [-0.1, -0.05) is 39.8 Å². The molecule has 2 rings (SSSR count). The first-order valence-corrected chi connectivity index (χ1v) is 6.54. The molecule has 0 unspecified atom stereocenters. The van der Waals surface area contributed by atoms with E-state index < -0.39 is 0 Å². The van der Waals surface area contributed by atoms with E-state index in [9.17, 15) is 10.1 Å². The van der Waals surface area contributed by atoms with Gasteiger partial charge in [0, 0.05) is 5.92 Å². The van der Waals surface area contributed by atoms with Crippen molar-refractivity contribution in [3.63, 3.8) is 0 Å². The third kappa shape index (κ3) is 1.92. The van der Waals surface area contributed by atoms with Crippen LogP contribution < -0.4 is 5.32 Å². The van der Waals surface area contributed by atoms with E-state index in [-0.39, 0.29) is 22.7 Å². The zero-order valence-corrected chi connectivity index (χ0v) is 12.2. The molecule has 100 valence electrons. The number of carbonyl (C=O) groups excluding carboxylic acids is 1. The number of benzene rings is 1. The Balaban J connectivity index is 2.23. The predicted octanol–water partition coefficient (Wildman–Crippen LogP) is 3.49. The first-order chi connectivity index (χ1) is 8.73. The Hall–Kier alpha value is -1.82. The maximum atomic E-state index is 12.4. The number of nitrogens with zero attached hydrogens (tertiary/aromatic N) is 1. The van der Waals surface area contributed by atoms with Crippen LogP contribution in [0.5, 0.6) is 0 Å². The average Bonchev–Trinajstić information content (AvgIpc) is 2.69. The van der Waals surface area contributed by atoms with Crippen LogP contribution in [0.2, 0.25) is 0 Å². The zero-order chi connectivity index (χ0) is 14.4. The maximum absolute atomic E-state index is 12.4. The number of nitrogens with one attached hydrogen (secondary N) is 1. The summed E-state index contributed by atoms with van der Waals surface area (Å²) in [5.41, 5.74) is 2.06. The number of amides is 1. The third-order valence-electron chi connectivity index (χ3n) is 4.93. The molecule has 0 atom stereocenters. The lowest BCUT2D eigenvalue weighted by Crippen LogP contribution is -2.18. The normalized spacial score (nSPS) is 19.6. The van der Waals surface area contributed by atoms with Crippen LogP contribution >= 0.6 is 0 Å². The fourth-order valence-corrected chi connectivity index (χ4v) is 2.98. The molecule has 0 radical (unpaired) electrons. The van der Waals surface area contributed by atoms with Gasteiger partial charge in [0.15, 0.2) is 0 Å². The van der Waals surface area contributed by atoms with E-state index >= 15 is 0 Å².